The fourth-order valence-corrected chi connectivity index (χ4v) is 6.32. The Morgan fingerprint density at radius 3 is 2.32 bits per heavy atom. The van der Waals surface area contributed by atoms with Crippen LogP contribution in [-0.4, -0.2) is 52.8 Å². The number of nitrogens with one attached hydrogen (secondary N) is 1. The number of piperidine rings is 1. The Hall–Kier alpha value is -2.56. The summed E-state index contributed by atoms with van der Waals surface area (Å²) in [6, 6.07) is 15.2. The first kappa shape index (κ1) is 24.6. The minimum absolute atomic E-state index is 0.0567. The highest BCUT2D eigenvalue weighted by Gasteiger charge is 2.45. The lowest BCUT2D eigenvalue weighted by atomic mass is 9.87. The molecule has 182 valence electrons. The molecule has 0 aliphatic carbocycles. The van der Waals surface area contributed by atoms with E-state index in [9.17, 15) is 17.8 Å². The largest absolute Gasteiger partial charge is 0.388 e. The molecule has 2 aliphatic heterocycles. The third-order valence-electron chi connectivity index (χ3n) is 5.92. The molecule has 2 aliphatic rings. The molecule has 1 amide bonds. The van der Waals surface area contributed by atoms with E-state index < -0.39 is 29.1 Å². The first-order chi connectivity index (χ1) is 16.0. The van der Waals surface area contributed by atoms with Crippen molar-refractivity contribution in [3.8, 4) is 0 Å². The van der Waals surface area contributed by atoms with Crippen LogP contribution >= 0.6 is 7.60 Å². The van der Waals surface area contributed by atoms with Crippen molar-refractivity contribution < 1.29 is 32.4 Å². The van der Waals surface area contributed by atoms with Crippen LogP contribution in [0.25, 0.3) is 0 Å². The molecular formula is C22H26N3O7PS. The summed E-state index contributed by atoms with van der Waals surface area (Å²) in [6.45, 7) is 0.585. The minimum atomic E-state index is -4.16. The molecule has 34 heavy (non-hydrogen) atoms. The number of rotatable bonds is 7. The molecule has 1 fully saturated rings. The normalized spacial score (nSPS) is 18.4. The molecule has 2 heterocycles. The van der Waals surface area contributed by atoms with E-state index in [4.69, 9.17) is 14.6 Å². The van der Waals surface area contributed by atoms with Crippen LogP contribution < -0.4 is 5.32 Å². The number of hydrogen-bond donors (Lipinski definition) is 3. The van der Waals surface area contributed by atoms with Gasteiger partial charge in [0.05, 0.1) is 11.9 Å². The summed E-state index contributed by atoms with van der Waals surface area (Å²) >= 11 is 0. The number of benzene rings is 2. The number of nitrogens with zero attached hydrogens (tertiary/aromatic N) is 2. The van der Waals surface area contributed by atoms with Crippen molar-refractivity contribution in [2.75, 3.05) is 18.4 Å². The number of carbonyl (C=O) groups excluding carboxylic acids is 1. The van der Waals surface area contributed by atoms with Crippen LogP contribution in [0.1, 0.15) is 30.4 Å². The molecule has 2 aromatic rings. The molecule has 2 aromatic carbocycles. The highest BCUT2D eigenvalue weighted by molar-refractivity contribution is 7.88. The first-order valence-corrected chi connectivity index (χ1v) is 14.2. The molecule has 0 unspecified atom stereocenters. The number of carbonyl (C=O) groups is 1. The number of amides is 1. The molecule has 0 atom stereocenters. The Labute approximate surface area is 197 Å². The van der Waals surface area contributed by atoms with E-state index in [-0.39, 0.29) is 24.0 Å². The van der Waals surface area contributed by atoms with Crippen LogP contribution in [0.5, 0.6) is 0 Å². The first-order valence-electron chi connectivity index (χ1n) is 10.8. The molecule has 0 aromatic heterocycles. The van der Waals surface area contributed by atoms with E-state index in [1.807, 2.05) is 18.2 Å². The van der Waals surface area contributed by atoms with E-state index in [2.05, 4.69) is 10.5 Å². The minimum Gasteiger partial charge on any atom is -0.388 e. The molecule has 0 radical (unpaired) electrons. The Kier molecular flexibility index (Phi) is 6.93. The van der Waals surface area contributed by atoms with Gasteiger partial charge >= 0.3 is 7.60 Å². The van der Waals surface area contributed by atoms with Gasteiger partial charge in [0.25, 0.3) is 5.91 Å². The van der Waals surface area contributed by atoms with E-state index in [0.717, 1.165) is 5.56 Å². The van der Waals surface area contributed by atoms with Crippen molar-refractivity contribution >= 4 is 34.9 Å². The number of hydrogen-bond acceptors (Lipinski definition) is 6. The second kappa shape index (κ2) is 9.59. The topological polar surface area (TPSA) is 146 Å². The Morgan fingerprint density at radius 1 is 1.06 bits per heavy atom. The molecule has 4 rings (SSSR count). The molecule has 10 nitrogen and oxygen atoms in total. The van der Waals surface area contributed by atoms with Gasteiger partial charge in [-0.1, -0.05) is 47.6 Å². The number of oxime groups is 1. The highest BCUT2D eigenvalue weighted by Crippen LogP contribution is 2.39. The van der Waals surface area contributed by atoms with E-state index in [0.29, 0.717) is 37.2 Å². The zero-order chi connectivity index (χ0) is 24.4. The van der Waals surface area contributed by atoms with E-state index in [1.165, 1.54) is 16.4 Å². The average molecular weight is 508 g/mol. The molecule has 1 saturated heterocycles. The molecule has 12 heteroatoms. The fourth-order valence-electron chi connectivity index (χ4n) is 4.09. The summed E-state index contributed by atoms with van der Waals surface area (Å²) in [5, 5.41) is 6.67. The monoisotopic (exact) mass is 507 g/mol. The lowest BCUT2D eigenvalue weighted by molar-refractivity contribution is -0.110. The van der Waals surface area contributed by atoms with Gasteiger partial charge in [0, 0.05) is 38.0 Å². The molecule has 0 saturated carbocycles. The van der Waals surface area contributed by atoms with Crippen LogP contribution in [0, 0.1) is 0 Å². The van der Waals surface area contributed by atoms with Gasteiger partial charge in [-0.3, -0.25) is 9.36 Å². The van der Waals surface area contributed by atoms with Crippen LogP contribution in [0.4, 0.5) is 5.69 Å². The van der Waals surface area contributed by atoms with Crippen molar-refractivity contribution in [3.63, 3.8) is 0 Å². The van der Waals surface area contributed by atoms with Gasteiger partial charge < -0.3 is 19.9 Å². The molecule has 3 N–H and O–H groups in total. The Bertz CT molecular complexity index is 1220. The van der Waals surface area contributed by atoms with Crippen LogP contribution in [0.3, 0.4) is 0 Å². The quantitative estimate of drug-likeness (QED) is 0.488. The van der Waals surface area contributed by atoms with Crippen molar-refractivity contribution in [2.45, 2.75) is 36.8 Å². The fraction of sp³-hybridized carbons (Fsp3) is 0.364. The van der Waals surface area contributed by atoms with Gasteiger partial charge in [0.1, 0.15) is 11.3 Å². The second-order valence-corrected chi connectivity index (χ2v) is 12.2. The maximum Gasteiger partial charge on any atom is 0.329 e. The third-order valence-corrected chi connectivity index (χ3v) is 8.55. The van der Waals surface area contributed by atoms with Gasteiger partial charge in [-0.05, 0) is 23.3 Å². The predicted molar refractivity (Wildman–Crippen MR) is 127 cm³/mol. The third kappa shape index (κ3) is 6.11. The maximum absolute atomic E-state index is 12.8. The van der Waals surface area contributed by atoms with Gasteiger partial charge in [0.15, 0.2) is 0 Å². The Balaban J connectivity index is 1.30. The highest BCUT2D eigenvalue weighted by atomic mass is 32.2. The standard InChI is InChI=1S/C22H26N3O7PS/c26-21(23-19-8-6-17(7-9-19)15-33(27,28)29)20-14-22(32-24-20)10-12-25(13-11-22)34(30,31)16-18-4-2-1-3-5-18/h1-9H,10-16H2,(H,23,26)(H2,27,28,29). The number of anilines is 1. The predicted octanol–water partition coefficient (Wildman–Crippen LogP) is 2.44. The van der Waals surface area contributed by atoms with Gasteiger partial charge in [-0.25, -0.2) is 12.7 Å². The van der Waals surface area contributed by atoms with Crippen molar-refractivity contribution in [1.82, 2.24) is 4.31 Å². The van der Waals surface area contributed by atoms with Crippen molar-refractivity contribution in [2.24, 2.45) is 5.16 Å². The van der Waals surface area contributed by atoms with Crippen molar-refractivity contribution in [1.29, 1.82) is 0 Å². The van der Waals surface area contributed by atoms with Gasteiger partial charge in [0.2, 0.25) is 10.0 Å². The molecular weight excluding hydrogens is 481 g/mol. The summed E-state index contributed by atoms with van der Waals surface area (Å²) in [5.41, 5.74) is 1.18. The van der Waals surface area contributed by atoms with E-state index in [1.54, 1.807) is 24.3 Å². The smallest absolute Gasteiger partial charge is 0.329 e. The van der Waals surface area contributed by atoms with E-state index >= 15 is 0 Å². The van der Waals surface area contributed by atoms with Crippen molar-refractivity contribution in [3.05, 3.63) is 65.7 Å². The summed E-state index contributed by atoms with van der Waals surface area (Å²) < 4.78 is 38.1. The van der Waals surface area contributed by atoms with Crippen LogP contribution in [-0.2, 0) is 36.1 Å². The van der Waals surface area contributed by atoms with Crippen LogP contribution in [0.2, 0.25) is 0 Å². The zero-order valence-corrected chi connectivity index (χ0v) is 20.0. The Morgan fingerprint density at radius 2 is 1.71 bits per heavy atom. The molecule has 1 spiro atoms. The molecule has 0 bridgehead atoms. The average Bonchev–Trinajstić information content (AvgIpc) is 3.18. The summed E-state index contributed by atoms with van der Waals surface area (Å²) in [5.74, 6) is -0.488. The van der Waals surface area contributed by atoms with Gasteiger partial charge in [-0.2, -0.15) is 0 Å². The zero-order valence-electron chi connectivity index (χ0n) is 18.3. The summed E-state index contributed by atoms with van der Waals surface area (Å²) in [6.07, 6.45) is 0.765. The lowest BCUT2D eigenvalue weighted by Gasteiger charge is -2.36. The summed E-state index contributed by atoms with van der Waals surface area (Å²) in [7, 11) is -7.62. The van der Waals surface area contributed by atoms with Gasteiger partial charge in [-0.15, -0.1) is 0 Å². The summed E-state index contributed by atoms with van der Waals surface area (Å²) in [4.78, 5) is 36.4. The second-order valence-electron chi connectivity index (χ2n) is 8.60. The SMILES string of the molecule is O=C(Nc1ccc(CP(=O)(O)O)cc1)C1=NOC2(CCN(S(=O)(=O)Cc3ccccc3)CC2)C1. The maximum atomic E-state index is 12.8. The van der Waals surface area contributed by atoms with Crippen LogP contribution in [0.15, 0.2) is 59.8 Å². The number of sulfonamides is 1. The lowest BCUT2D eigenvalue weighted by Crippen LogP contribution is -2.47.